The van der Waals surface area contributed by atoms with E-state index >= 15 is 0 Å². The third kappa shape index (κ3) is 5.17. The summed E-state index contributed by atoms with van der Waals surface area (Å²) in [5.74, 6) is 0.825. The van der Waals surface area contributed by atoms with Gasteiger partial charge in [-0.3, -0.25) is 0 Å². The van der Waals surface area contributed by atoms with E-state index in [1.165, 1.54) is 5.56 Å². The van der Waals surface area contributed by atoms with Crippen LogP contribution in [0.1, 0.15) is 71.0 Å². The zero-order valence-electron chi connectivity index (χ0n) is 17.2. The number of rotatable bonds is 7. The monoisotopic (exact) mass is 392 g/mol. The fraction of sp³-hybridized carbons (Fsp3) is 0.600. The maximum absolute atomic E-state index is 13.0. The Labute approximate surface area is 163 Å². The van der Waals surface area contributed by atoms with Crippen LogP contribution in [0, 0.1) is 5.92 Å². The fourth-order valence-corrected chi connectivity index (χ4v) is 4.58. The molecule has 2 N–H and O–H groups in total. The van der Waals surface area contributed by atoms with Gasteiger partial charge in [0.1, 0.15) is 0 Å². The summed E-state index contributed by atoms with van der Waals surface area (Å²) in [4.78, 5) is 0. The Morgan fingerprint density at radius 3 is 2.19 bits per heavy atom. The van der Waals surface area contributed by atoms with Gasteiger partial charge in [-0.25, -0.2) is 8.42 Å². The maximum atomic E-state index is 13.0. The highest BCUT2D eigenvalue weighted by Crippen LogP contribution is 2.25. The predicted octanol–water partition coefficient (Wildman–Crippen LogP) is 3.62. The normalized spacial score (nSPS) is 13.9. The van der Waals surface area contributed by atoms with Crippen LogP contribution in [0.3, 0.4) is 0 Å². The summed E-state index contributed by atoms with van der Waals surface area (Å²) in [5.41, 5.74) is 8.16. The third-order valence-electron chi connectivity index (χ3n) is 4.57. The molecule has 2 aromatic rings. The number of benzene rings is 1. The van der Waals surface area contributed by atoms with Crippen LogP contribution in [0.5, 0.6) is 0 Å². The second kappa shape index (κ2) is 8.10. The number of nitrogens with two attached hydrogens (primary N) is 1. The van der Waals surface area contributed by atoms with Crippen molar-refractivity contribution in [2.24, 2.45) is 11.7 Å². The van der Waals surface area contributed by atoms with Crippen molar-refractivity contribution in [1.29, 1.82) is 0 Å². The zero-order chi connectivity index (χ0) is 20.4. The van der Waals surface area contributed by atoms with Crippen molar-refractivity contribution in [3.05, 3.63) is 41.2 Å². The lowest BCUT2D eigenvalue weighted by Crippen LogP contribution is -2.20. The van der Waals surface area contributed by atoms with E-state index < -0.39 is 9.84 Å². The van der Waals surface area contributed by atoms with Gasteiger partial charge in [0.15, 0.2) is 5.82 Å². The minimum absolute atomic E-state index is 0.000830. The summed E-state index contributed by atoms with van der Waals surface area (Å²) < 4.78 is 27.5. The van der Waals surface area contributed by atoms with Gasteiger partial charge in [-0.2, -0.15) is 0 Å². The van der Waals surface area contributed by atoms with Gasteiger partial charge >= 0.3 is 0 Å². The molecule has 0 fully saturated rings. The van der Waals surface area contributed by atoms with E-state index in [4.69, 9.17) is 5.73 Å². The van der Waals surface area contributed by atoms with Crippen molar-refractivity contribution < 1.29 is 8.42 Å². The molecule has 0 amide bonds. The van der Waals surface area contributed by atoms with Crippen molar-refractivity contribution in [2.75, 3.05) is 0 Å². The molecule has 1 aromatic carbocycles. The quantitative estimate of drug-likeness (QED) is 0.777. The van der Waals surface area contributed by atoms with E-state index in [-0.39, 0.29) is 22.4 Å². The van der Waals surface area contributed by atoms with Crippen molar-refractivity contribution >= 4 is 9.84 Å². The molecule has 0 bridgehead atoms. The van der Waals surface area contributed by atoms with Crippen LogP contribution in [0.2, 0.25) is 0 Å². The van der Waals surface area contributed by atoms with Gasteiger partial charge in [0.05, 0.1) is 11.8 Å². The highest BCUT2D eigenvalue weighted by Gasteiger charge is 2.27. The van der Waals surface area contributed by atoms with Crippen LogP contribution in [-0.2, 0) is 27.5 Å². The topological polar surface area (TPSA) is 90.9 Å². The molecule has 1 heterocycles. The Bertz CT molecular complexity index is 862. The Balaban J connectivity index is 2.30. The minimum atomic E-state index is -3.61. The van der Waals surface area contributed by atoms with Crippen LogP contribution in [0.15, 0.2) is 29.4 Å². The van der Waals surface area contributed by atoms with Crippen molar-refractivity contribution in [3.8, 4) is 0 Å². The van der Waals surface area contributed by atoms with Crippen molar-refractivity contribution in [3.63, 3.8) is 0 Å². The lowest BCUT2D eigenvalue weighted by Gasteiger charge is -2.19. The number of nitrogens with zero attached hydrogens (tertiary/aromatic N) is 3. The molecule has 2 rings (SSSR count). The molecule has 0 aliphatic heterocycles. The largest absolute Gasteiger partial charge is 0.321 e. The summed E-state index contributed by atoms with van der Waals surface area (Å²) in [6, 6.07) is 7.39. The summed E-state index contributed by atoms with van der Waals surface area (Å²) in [6.45, 7) is 12.9. The minimum Gasteiger partial charge on any atom is -0.321 e. The molecule has 150 valence electrons. The number of sulfone groups is 1. The van der Waals surface area contributed by atoms with Crippen molar-refractivity contribution in [1.82, 2.24) is 14.8 Å². The van der Waals surface area contributed by atoms with Crippen LogP contribution in [-0.4, -0.2) is 23.2 Å². The molecule has 6 nitrogen and oxygen atoms in total. The Hall–Kier alpha value is -1.73. The highest BCUT2D eigenvalue weighted by atomic mass is 32.2. The molecule has 0 aliphatic rings. The summed E-state index contributed by atoms with van der Waals surface area (Å²) in [5, 5.41) is 8.09. The molecule has 7 heteroatoms. The highest BCUT2D eigenvalue weighted by molar-refractivity contribution is 7.90. The lowest BCUT2D eigenvalue weighted by molar-refractivity contribution is 0.469. The number of hydrogen-bond donors (Lipinski definition) is 1. The first-order chi connectivity index (χ1) is 12.5. The van der Waals surface area contributed by atoms with Crippen LogP contribution >= 0.6 is 0 Å². The van der Waals surface area contributed by atoms with Crippen LogP contribution in [0.4, 0.5) is 0 Å². The number of hydrogen-bond acceptors (Lipinski definition) is 5. The smallest absolute Gasteiger partial charge is 0.250 e. The molecule has 1 atom stereocenters. The maximum Gasteiger partial charge on any atom is 0.250 e. The third-order valence-corrected chi connectivity index (χ3v) is 6.15. The zero-order valence-corrected chi connectivity index (χ0v) is 18.0. The standard InChI is InChI=1S/C20H32N4O2S/c1-7-24-18(17(21)12-14(2)3)22-23-19(24)27(25,26)13-15-8-10-16(11-9-15)20(4,5)6/h8-11,14,17H,7,12-13,21H2,1-6H3/t17-/m0/s1. The van der Waals surface area contributed by atoms with E-state index in [0.717, 1.165) is 12.0 Å². The second-order valence-corrected chi connectivity index (χ2v) is 10.4. The Morgan fingerprint density at radius 1 is 1.11 bits per heavy atom. The van der Waals surface area contributed by atoms with Gasteiger partial charge in [0.2, 0.25) is 15.0 Å². The van der Waals surface area contributed by atoms with E-state index in [1.807, 2.05) is 31.2 Å². The van der Waals surface area contributed by atoms with Gasteiger partial charge in [-0.05, 0) is 35.8 Å². The second-order valence-electron chi connectivity index (χ2n) is 8.53. The first-order valence-electron chi connectivity index (χ1n) is 9.46. The van der Waals surface area contributed by atoms with Gasteiger partial charge in [-0.1, -0.05) is 58.9 Å². The van der Waals surface area contributed by atoms with Gasteiger partial charge in [0, 0.05) is 6.54 Å². The van der Waals surface area contributed by atoms with Gasteiger partial charge in [0.25, 0.3) is 0 Å². The van der Waals surface area contributed by atoms with E-state index in [1.54, 1.807) is 4.57 Å². The molecule has 27 heavy (non-hydrogen) atoms. The molecule has 0 spiro atoms. The van der Waals surface area contributed by atoms with Gasteiger partial charge in [-0.15, -0.1) is 10.2 Å². The molecular formula is C20H32N4O2S. The fourth-order valence-electron chi connectivity index (χ4n) is 3.10. The van der Waals surface area contributed by atoms with Crippen LogP contribution < -0.4 is 5.73 Å². The number of aromatic nitrogens is 3. The Morgan fingerprint density at radius 2 is 1.70 bits per heavy atom. The predicted molar refractivity (Wildman–Crippen MR) is 108 cm³/mol. The summed E-state index contributed by atoms with van der Waals surface area (Å²) in [6.07, 6.45) is 0.729. The molecule has 0 unspecified atom stereocenters. The van der Waals surface area contributed by atoms with Crippen LogP contribution in [0.25, 0.3) is 0 Å². The van der Waals surface area contributed by atoms with Gasteiger partial charge < -0.3 is 10.3 Å². The molecule has 0 aliphatic carbocycles. The first kappa shape index (κ1) is 21.6. The summed E-state index contributed by atoms with van der Waals surface area (Å²) >= 11 is 0. The molecule has 0 saturated carbocycles. The lowest BCUT2D eigenvalue weighted by atomic mass is 9.87. The molecule has 1 aromatic heterocycles. The average Bonchev–Trinajstić information content (AvgIpc) is 2.98. The average molecular weight is 393 g/mol. The van der Waals surface area contributed by atoms with E-state index in [2.05, 4.69) is 44.8 Å². The van der Waals surface area contributed by atoms with E-state index in [9.17, 15) is 8.42 Å². The van der Waals surface area contributed by atoms with Crippen molar-refractivity contribution in [2.45, 2.75) is 76.9 Å². The summed E-state index contributed by atoms with van der Waals surface area (Å²) in [7, 11) is -3.61. The molecule has 0 saturated heterocycles. The Kier molecular flexibility index (Phi) is 6.47. The SMILES string of the molecule is CCn1c([C@@H](N)CC(C)C)nnc1S(=O)(=O)Cc1ccc(C(C)(C)C)cc1. The molecule has 0 radical (unpaired) electrons. The first-order valence-corrected chi connectivity index (χ1v) is 11.1. The molecular weight excluding hydrogens is 360 g/mol. The van der Waals surface area contributed by atoms with E-state index in [0.29, 0.717) is 18.3 Å².